The molecule has 1 heterocycles. The van der Waals surface area contributed by atoms with Crippen LogP contribution in [0.1, 0.15) is 24.3 Å². The Balaban J connectivity index is 2.85. The fourth-order valence-corrected chi connectivity index (χ4v) is 1.62. The van der Waals surface area contributed by atoms with Gasteiger partial charge in [-0.3, -0.25) is 14.4 Å². The van der Waals surface area contributed by atoms with E-state index in [1.165, 1.54) is 11.1 Å². The van der Waals surface area contributed by atoms with Crippen LogP contribution in [-0.2, 0) is 16.1 Å². The second-order valence-electron chi connectivity index (χ2n) is 4.74. The molecule has 1 rings (SSSR count). The third kappa shape index (κ3) is 4.67. The molecule has 0 radical (unpaired) electrons. The molecule has 0 spiro atoms. The summed E-state index contributed by atoms with van der Waals surface area (Å²) in [4.78, 5) is 35.0. The number of carboxylic acids is 1. The molecule has 0 saturated carbocycles. The first-order valence-corrected chi connectivity index (χ1v) is 5.99. The van der Waals surface area contributed by atoms with Gasteiger partial charge in [0.05, 0.1) is 12.7 Å². The molecule has 0 aromatic carbocycles. The van der Waals surface area contributed by atoms with Crippen molar-refractivity contribution in [2.45, 2.75) is 20.4 Å². The summed E-state index contributed by atoms with van der Waals surface area (Å²) in [6, 6.07) is 0. The summed E-state index contributed by atoms with van der Waals surface area (Å²) in [5.41, 5.74) is 5.08. The van der Waals surface area contributed by atoms with Crippen molar-refractivity contribution in [1.29, 1.82) is 0 Å². The van der Waals surface area contributed by atoms with Gasteiger partial charge in [0.2, 0.25) is 5.91 Å². The Kier molecular flexibility index (Phi) is 5.18. The number of aromatic nitrogens is 3. The van der Waals surface area contributed by atoms with Gasteiger partial charge in [-0.2, -0.15) is 0 Å². The minimum atomic E-state index is -1.09. The summed E-state index contributed by atoms with van der Waals surface area (Å²) < 4.78 is 1.04. The van der Waals surface area contributed by atoms with Gasteiger partial charge in [0, 0.05) is 6.54 Å². The van der Waals surface area contributed by atoms with Crippen molar-refractivity contribution in [1.82, 2.24) is 19.9 Å². The Morgan fingerprint density at radius 3 is 2.60 bits per heavy atom. The standard InChI is InChI=1S/C11H17N5O4/c1-7(2)3-15(5-9(12)17)11(20)8-4-16(14-13-8)6-10(18)19/h4,7H,3,5-6H2,1-2H3,(H2,12,17)(H,18,19). The van der Waals surface area contributed by atoms with Gasteiger partial charge >= 0.3 is 5.97 Å². The van der Waals surface area contributed by atoms with Crippen LogP contribution in [0, 0.1) is 5.92 Å². The van der Waals surface area contributed by atoms with Crippen molar-refractivity contribution in [3.8, 4) is 0 Å². The van der Waals surface area contributed by atoms with E-state index in [1.807, 2.05) is 13.8 Å². The molecule has 0 unspecified atom stereocenters. The highest BCUT2D eigenvalue weighted by molar-refractivity contribution is 5.94. The molecule has 0 aliphatic heterocycles. The molecule has 3 N–H and O–H groups in total. The van der Waals surface area contributed by atoms with E-state index in [2.05, 4.69) is 10.3 Å². The molecular formula is C11H17N5O4. The zero-order valence-electron chi connectivity index (χ0n) is 11.3. The van der Waals surface area contributed by atoms with Gasteiger partial charge in [-0.1, -0.05) is 19.1 Å². The van der Waals surface area contributed by atoms with Gasteiger partial charge in [-0.25, -0.2) is 4.68 Å². The number of hydrogen-bond acceptors (Lipinski definition) is 5. The van der Waals surface area contributed by atoms with Crippen LogP contribution in [0.15, 0.2) is 6.20 Å². The lowest BCUT2D eigenvalue weighted by Crippen LogP contribution is -2.40. The molecule has 1 aromatic heterocycles. The molecule has 0 saturated heterocycles. The molecule has 110 valence electrons. The molecule has 2 amide bonds. The number of nitrogens with two attached hydrogens (primary N) is 1. The monoisotopic (exact) mass is 283 g/mol. The van der Waals surface area contributed by atoms with E-state index in [1.54, 1.807) is 0 Å². The fourth-order valence-electron chi connectivity index (χ4n) is 1.62. The summed E-state index contributed by atoms with van der Waals surface area (Å²) in [6.45, 7) is 3.52. The minimum Gasteiger partial charge on any atom is -0.480 e. The summed E-state index contributed by atoms with van der Waals surface area (Å²) in [6.07, 6.45) is 1.23. The van der Waals surface area contributed by atoms with Gasteiger partial charge in [-0.05, 0) is 5.92 Å². The Morgan fingerprint density at radius 2 is 2.10 bits per heavy atom. The second-order valence-corrected chi connectivity index (χ2v) is 4.74. The van der Waals surface area contributed by atoms with Gasteiger partial charge in [0.1, 0.15) is 6.54 Å². The SMILES string of the molecule is CC(C)CN(CC(N)=O)C(=O)c1cn(CC(=O)O)nn1. The van der Waals surface area contributed by atoms with Gasteiger partial charge in [0.25, 0.3) is 5.91 Å². The quantitative estimate of drug-likeness (QED) is 0.656. The van der Waals surface area contributed by atoms with Crippen molar-refractivity contribution in [3.63, 3.8) is 0 Å². The normalized spacial score (nSPS) is 10.6. The highest BCUT2D eigenvalue weighted by Gasteiger charge is 2.21. The van der Waals surface area contributed by atoms with Crippen LogP contribution >= 0.6 is 0 Å². The molecular weight excluding hydrogens is 266 g/mol. The predicted octanol–water partition coefficient (Wildman–Crippen LogP) is -1.05. The number of primary amides is 1. The number of nitrogens with zero attached hydrogens (tertiary/aromatic N) is 4. The Morgan fingerprint density at radius 1 is 1.45 bits per heavy atom. The second kappa shape index (κ2) is 6.64. The van der Waals surface area contributed by atoms with E-state index in [4.69, 9.17) is 10.8 Å². The van der Waals surface area contributed by atoms with E-state index in [0.29, 0.717) is 6.54 Å². The maximum absolute atomic E-state index is 12.2. The van der Waals surface area contributed by atoms with Crippen LogP contribution in [0.4, 0.5) is 0 Å². The van der Waals surface area contributed by atoms with Crippen molar-refractivity contribution >= 4 is 17.8 Å². The topological polar surface area (TPSA) is 131 Å². The summed E-state index contributed by atoms with van der Waals surface area (Å²) in [5, 5.41) is 15.8. The molecule has 0 aliphatic carbocycles. The summed E-state index contributed by atoms with van der Waals surface area (Å²) in [5.74, 6) is -2.08. The number of rotatable bonds is 7. The Bertz CT molecular complexity index is 511. The fraction of sp³-hybridized carbons (Fsp3) is 0.545. The first-order chi connectivity index (χ1) is 9.29. The zero-order valence-corrected chi connectivity index (χ0v) is 11.3. The highest BCUT2D eigenvalue weighted by atomic mass is 16.4. The van der Waals surface area contributed by atoms with Gasteiger partial charge < -0.3 is 15.7 Å². The van der Waals surface area contributed by atoms with Crippen LogP contribution in [0.5, 0.6) is 0 Å². The lowest BCUT2D eigenvalue weighted by Gasteiger charge is -2.21. The maximum atomic E-state index is 12.2. The number of carbonyl (C=O) groups excluding carboxylic acids is 2. The van der Waals surface area contributed by atoms with Crippen molar-refractivity contribution in [2.24, 2.45) is 11.7 Å². The number of hydrogen-bond donors (Lipinski definition) is 2. The average molecular weight is 283 g/mol. The lowest BCUT2D eigenvalue weighted by molar-refractivity contribution is -0.137. The van der Waals surface area contributed by atoms with Crippen LogP contribution in [0.25, 0.3) is 0 Å². The zero-order chi connectivity index (χ0) is 15.3. The van der Waals surface area contributed by atoms with E-state index < -0.39 is 17.8 Å². The number of aliphatic carboxylic acids is 1. The smallest absolute Gasteiger partial charge is 0.325 e. The molecule has 0 atom stereocenters. The minimum absolute atomic E-state index is 0.0202. The van der Waals surface area contributed by atoms with Crippen molar-refractivity contribution < 1.29 is 19.5 Å². The van der Waals surface area contributed by atoms with Crippen LogP contribution in [0.3, 0.4) is 0 Å². The Labute approximate surface area is 115 Å². The predicted molar refractivity (Wildman–Crippen MR) is 67.6 cm³/mol. The number of carboxylic acid groups (broad SMARTS) is 1. The first kappa shape index (κ1) is 15.6. The summed E-state index contributed by atoms with van der Waals surface area (Å²) in [7, 11) is 0. The van der Waals surface area contributed by atoms with E-state index in [-0.39, 0.29) is 24.7 Å². The molecule has 1 aromatic rings. The number of carbonyl (C=O) groups is 3. The molecule has 20 heavy (non-hydrogen) atoms. The Hall–Kier alpha value is -2.45. The molecule has 0 aliphatic rings. The van der Waals surface area contributed by atoms with Crippen LogP contribution < -0.4 is 5.73 Å². The summed E-state index contributed by atoms with van der Waals surface area (Å²) >= 11 is 0. The lowest BCUT2D eigenvalue weighted by atomic mass is 10.2. The average Bonchev–Trinajstić information content (AvgIpc) is 2.73. The van der Waals surface area contributed by atoms with Crippen molar-refractivity contribution in [2.75, 3.05) is 13.1 Å². The van der Waals surface area contributed by atoms with Crippen LogP contribution in [0.2, 0.25) is 0 Å². The third-order valence-electron chi connectivity index (χ3n) is 2.27. The van der Waals surface area contributed by atoms with E-state index in [0.717, 1.165) is 4.68 Å². The molecule has 9 heteroatoms. The van der Waals surface area contributed by atoms with E-state index >= 15 is 0 Å². The third-order valence-corrected chi connectivity index (χ3v) is 2.27. The van der Waals surface area contributed by atoms with Crippen LogP contribution in [-0.4, -0.2) is 55.9 Å². The first-order valence-electron chi connectivity index (χ1n) is 5.99. The van der Waals surface area contributed by atoms with Crippen molar-refractivity contribution in [3.05, 3.63) is 11.9 Å². The molecule has 9 nitrogen and oxygen atoms in total. The highest BCUT2D eigenvalue weighted by Crippen LogP contribution is 2.05. The van der Waals surface area contributed by atoms with Gasteiger partial charge in [-0.15, -0.1) is 5.10 Å². The molecule has 0 bridgehead atoms. The maximum Gasteiger partial charge on any atom is 0.325 e. The van der Waals surface area contributed by atoms with E-state index in [9.17, 15) is 14.4 Å². The largest absolute Gasteiger partial charge is 0.480 e. The van der Waals surface area contributed by atoms with Gasteiger partial charge in [0.15, 0.2) is 5.69 Å². The number of amides is 2. The molecule has 0 fully saturated rings.